The Hall–Kier alpha value is -1.31. The van der Waals surface area contributed by atoms with E-state index in [9.17, 15) is 4.79 Å². The number of carbonyl (C=O) groups excluding carboxylic acids is 1. The van der Waals surface area contributed by atoms with Crippen LogP contribution in [0.1, 0.15) is 37.8 Å². The van der Waals surface area contributed by atoms with Crippen LogP contribution in [-0.2, 0) is 15.1 Å². The summed E-state index contributed by atoms with van der Waals surface area (Å²) in [5.41, 5.74) is 1.79. The first-order valence-electron chi connectivity index (χ1n) is 5.31. The highest BCUT2D eigenvalue weighted by atomic mass is 16.5. The summed E-state index contributed by atoms with van der Waals surface area (Å²) in [6.45, 7) is 6.62. The number of ether oxygens (including phenoxy) is 1. The Labute approximate surface area is 91.3 Å². The highest BCUT2D eigenvalue weighted by Gasteiger charge is 2.26. The first kappa shape index (κ1) is 11.8. The molecule has 1 aromatic rings. The van der Waals surface area contributed by atoms with Crippen molar-refractivity contribution in [1.82, 2.24) is 0 Å². The number of hydrogen-bond acceptors (Lipinski definition) is 2. The molecule has 0 spiro atoms. The van der Waals surface area contributed by atoms with Gasteiger partial charge < -0.3 is 4.74 Å². The molecular weight excluding hydrogens is 188 g/mol. The number of carbonyl (C=O) groups is 1. The molecule has 0 N–H and O–H groups in total. The van der Waals surface area contributed by atoms with Gasteiger partial charge in [-0.05, 0) is 25.8 Å². The molecule has 0 aliphatic heterocycles. The van der Waals surface area contributed by atoms with E-state index in [1.54, 1.807) is 0 Å². The van der Waals surface area contributed by atoms with Crippen molar-refractivity contribution in [3.8, 4) is 0 Å². The van der Waals surface area contributed by atoms with Gasteiger partial charge in [0.05, 0.1) is 0 Å². The average Bonchev–Trinajstić information content (AvgIpc) is 2.19. The van der Waals surface area contributed by atoms with Crippen molar-refractivity contribution in [2.75, 3.05) is 0 Å². The molecule has 0 amide bonds. The summed E-state index contributed by atoms with van der Waals surface area (Å²) in [6, 6.07) is 8.12. The normalized spacial score (nSPS) is 14.3. The minimum absolute atomic E-state index is 0.482. The predicted molar refractivity (Wildman–Crippen MR) is 60.6 cm³/mol. The molecule has 0 aliphatic carbocycles. The van der Waals surface area contributed by atoms with Crippen LogP contribution in [0.2, 0.25) is 0 Å². The second kappa shape index (κ2) is 4.96. The van der Waals surface area contributed by atoms with Gasteiger partial charge in [0.25, 0.3) is 6.47 Å². The van der Waals surface area contributed by atoms with Crippen LogP contribution >= 0.6 is 0 Å². The molecule has 1 atom stereocenters. The molecule has 2 nitrogen and oxygen atoms in total. The predicted octanol–water partition coefficient (Wildman–Crippen LogP) is 3.18. The summed E-state index contributed by atoms with van der Waals surface area (Å²) in [4.78, 5) is 10.5. The van der Waals surface area contributed by atoms with Crippen molar-refractivity contribution in [2.45, 2.75) is 39.2 Å². The lowest BCUT2D eigenvalue weighted by molar-refractivity contribution is -0.143. The summed E-state index contributed by atoms with van der Waals surface area (Å²) >= 11 is 0. The summed E-state index contributed by atoms with van der Waals surface area (Å²) in [6.07, 6.45) is 1.83. The SMILES string of the molecule is CCCC(C)(OC=O)c1ccc(C)cc1. The zero-order valence-corrected chi connectivity index (χ0v) is 9.62. The topological polar surface area (TPSA) is 26.3 Å². The van der Waals surface area contributed by atoms with Crippen molar-refractivity contribution in [1.29, 1.82) is 0 Å². The second-order valence-corrected chi connectivity index (χ2v) is 4.06. The third-order valence-electron chi connectivity index (χ3n) is 2.70. The van der Waals surface area contributed by atoms with Gasteiger partial charge in [-0.1, -0.05) is 43.2 Å². The lowest BCUT2D eigenvalue weighted by Crippen LogP contribution is -2.25. The highest BCUT2D eigenvalue weighted by molar-refractivity contribution is 5.40. The molecule has 82 valence electrons. The molecule has 0 saturated carbocycles. The van der Waals surface area contributed by atoms with Crippen molar-refractivity contribution in [3.05, 3.63) is 35.4 Å². The summed E-state index contributed by atoms with van der Waals surface area (Å²) < 4.78 is 5.22. The van der Waals surface area contributed by atoms with Gasteiger partial charge in [-0.15, -0.1) is 0 Å². The van der Waals surface area contributed by atoms with E-state index in [0.29, 0.717) is 6.47 Å². The molecule has 15 heavy (non-hydrogen) atoms. The number of rotatable bonds is 5. The Balaban J connectivity index is 2.97. The van der Waals surface area contributed by atoms with Crippen molar-refractivity contribution >= 4 is 6.47 Å². The Kier molecular flexibility index (Phi) is 3.89. The second-order valence-electron chi connectivity index (χ2n) is 4.06. The molecule has 1 aromatic carbocycles. The lowest BCUT2D eigenvalue weighted by atomic mass is 9.90. The van der Waals surface area contributed by atoms with E-state index in [2.05, 4.69) is 6.92 Å². The van der Waals surface area contributed by atoms with Gasteiger partial charge in [0.15, 0.2) is 0 Å². The van der Waals surface area contributed by atoms with Crippen LogP contribution in [0, 0.1) is 6.92 Å². The molecule has 1 rings (SSSR count). The quantitative estimate of drug-likeness (QED) is 0.692. The summed E-state index contributed by atoms with van der Waals surface area (Å²) in [5.74, 6) is 0. The largest absolute Gasteiger partial charge is 0.457 e. The zero-order valence-electron chi connectivity index (χ0n) is 9.62. The third kappa shape index (κ3) is 2.82. The van der Waals surface area contributed by atoms with E-state index < -0.39 is 5.60 Å². The molecule has 0 radical (unpaired) electrons. The molecule has 0 saturated heterocycles. The van der Waals surface area contributed by atoms with Crippen molar-refractivity contribution in [3.63, 3.8) is 0 Å². The van der Waals surface area contributed by atoms with Crippen LogP contribution in [0.15, 0.2) is 24.3 Å². The zero-order chi connectivity index (χ0) is 11.3. The number of benzene rings is 1. The van der Waals surface area contributed by atoms with E-state index in [-0.39, 0.29) is 0 Å². The minimum atomic E-state index is -0.482. The van der Waals surface area contributed by atoms with Crippen LogP contribution in [0.3, 0.4) is 0 Å². The Morgan fingerprint density at radius 1 is 1.33 bits per heavy atom. The molecular formula is C13H18O2. The maximum Gasteiger partial charge on any atom is 0.293 e. The monoisotopic (exact) mass is 206 g/mol. The fourth-order valence-corrected chi connectivity index (χ4v) is 1.76. The third-order valence-corrected chi connectivity index (χ3v) is 2.70. The molecule has 0 bridgehead atoms. The summed E-state index contributed by atoms with van der Waals surface area (Å²) in [7, 11) is 0. The van der Waals surface area contributed by atoms with E-state index in [1.807, 2.05) is 38.1 Å². The van der Waals surface area contributed by atoms with Crippen LogP contribution in [0.5, 0.6) is 0 Å². The van der Waals surface area contributed by atoms with Crippen molar-refractivity contribution < 1.29 is 9.53 Å². The lowest BCUT2D eigenvalue weighted by Gasteiger charge is -2.27. The smallest absolute Gasteiger partial charge is 0.293 e. The fourth-order valence-electron chi connectivity index (χ4n) is 1.76. The molecule has 0 fully saturated rings. The van der Waals surface area contributed by atoms with Gasteiger partial charge in [0.1, 0.15) is 5.60 Å². The van der Waals surface area contributed by atoms with Gasteiger partial charge >= 0.3 is 0 Å². The fraction of sp³-hybridized carbons (Fsp3) is 0.462. The van der Waals surface area contributed by atoms with Gasteiger partial charge in [-0.2, -0.15) is 0 Å². The standard InChI is InChI=1S/C13H18O2/c1-4-9-13(3,15-10-14)12-7-5-11(2)6-8-12/h5-8,10H,4,9H2,1-3H3. The molecule has 0 heterocycles. The Morgan fingerprint density at radius 2 is 1.93 bits per heavy atom. The number of hydrogen-bond donors (Lipinski definition) is 0. The van der Waals surface area contributed by atoms with Crippen LogP contribution in [-0.4, -0.2) is 6.47 Å². The van der Waals surface area contributed by atoms with Gasteiger partial charge in [0, 0.05) is 0 Å². The van der Waals surface area contributed by atoms with Crippen molar-refractivity contribution in [2.24, 2.45) is 0 Å². The van der Waals surface area contributed by atoms with E-state index >= 15 is 0 Å². The first-order valence-corrected chi connectivity index (χ1v) is 5.31. The van der Waals surface area contributed by atoms with Crippen LogP contribution < -0.4 is 0 Å². The van der Waals surface area contributed by atoms with E-state index in [1.165, 1.54) is 5.56 Å². The number of aryl methyl sites for hydroxylation is 1. The highest BCUT2D eigenvalue weighted by Crippen LogP contribution is 2.29. The molecule has 0 aliphatic rings. The Morgan fingerprint density at radius 3 is 2.40 bits per heavy atom. The maximum absolute atomic E-state index is 10.5. The minimum Gasteiger partial charge on any atom is -0.457 e. The average molecular weight is 206 g/mol. The molecule has 1 unspecified atom stereocenters. The van der Waals surface area contributed by atoms with Gasteiger partial charge in [-0.3, -0.25) is 4.79 Å². The van der Waals surface area contributed by atoms with Crippen LogP contribution in [0.4, 0.5) is 0 Å². The van der Waals surface area contributed by atoms with E-state index in [0.717, 1.165) is 18.4 Å². The van der Waals surface area contributed by atoms with Gasteiger partial charge in [0.2, 0.25) is 0 Å². The summed E-state index contributed by atoms with van der Waals surface area (Å²) in [5, 5.41) is 0. The first-order chi connectivity index (χ1) is 7.12. The van der Waals surface area contributed by atoms with Crippen LogP contribution in [0.25, 0.3) is 0 Å². The Bertz CT molecular complexity index is 316. The molecule has 2 heteroatoms. The van der Waals surface area contributed by atoms with Gasteiger partial charge in [-0.25, -0.2) is 0 Å². The van der Waals surface area contributed by atoms with E-state index in [4.69, 9.17) is 4.74 Å². The maximum atomic E-state index is 10.5. The molecule has 0 aromatic heterocycles.